The first-order chi connectivity index (χ1) is 11.8. The zero-order chi connectivity index (χ0) is 16.6. The summed E-state index contributed by atoms with van der Waals surface area (Å²) in [5.41, 5.74) is 1.11. The van der Waals surface area contributed by atoms with Crippen molar-refractivity contribution in [2.24, 2.45) is 0 Å². The standard InChI is InChI=1S/C17H21N3O4/c21-16(12-22-11-14-7-4-8-23-14)18-10-17-19-15(20-24-17)9-13-5-2-1-3-6-13/h1-3,5-6,14H,4,7-12H2,(H,18,21)/t14-/m1/s1. The first kappa shape index (κ1) is 16.6. The summed E-state index contributed by atoms with van der Waals surface area (Å²) < 4.78 is 15.9. The smallest absolute Gasteiger partial charge is 0.246 e. The van der Waals surface area contributed by atoms with Crippen molar-refractivity contribution in [1.29, 1.82) is 0 Å². The highest BCUT2D eigenvalue weighted by Gasteiger charge is 2.16. The first-order valence-electron chi connectivity index (χ1n) is 8.11. The number of benzene rings is 1. The number of hydrogen-bond donors (Lipinski definition) is 1. The monoisotopic (exact) mass is 331 g/mol. The molecular formula is C17H21N3O4. The van der Waals surface area contributed by atoms with Crippen molar-refractivity contribution < 1.29 is 18.8 Å². The van der Waals surface area contributed by atoms with Crippen LogP contribution in [0.1, 0.15) is 30.1 Å². The molecule has 1 N–H and O–H groups in total. The van der Waals surface area contributed by atoms with Gasteiger partial charge in [-0.3, -0.25) is 4.79 Å². The second-order valence-corrected chi connectivity index (χ2v) is 5.69. The van der Waals surface area contributed by atoms with Crippen molar-refractivity contribution >= 4 is 5.91 Å². The Morgan fingerprint density at radius 3 is 3.00 bits per heavy atom. The van der Waals surface area contributed by atoms with E-state index >= 15 is 0 Å². The summed E-state index contributed by atoms with van der Waals surface area (Å²) in [5, 5.41) is 6.62. The lowest BCUT2D eigenvalue weighted by Crippen LogP contribution is -2.28. The Bertz CT molecular complexity index is 638. The topological polar surface area (TPSA) is 86.5 Å². The van der Waals surface area contributed by atoms with Gasteiger partial charge in [-0.05, 0) is 18.4 Å². The zero-order valence-corrected chi connectivity index (χ0v) is 13.4. The third-order valence-corrected chi connectivity index (χ3v) is 3.71. The van der Waals surface area contributed by atoms with Crippen LogP contribution in [0.3, 0.4) is 0 Å². The normalized spacial score (nSPS) is 17.1. The molecule has 1 amide bonds. The van der Waals surface area contributed by atoms with Gasteiger partial charge in [0, 0.05) is 13.0 Å². The number of ether oxygens (including phenoxy) is 2. The van der Waals surface area contributed by atoms with Crippen LogP contribution in [0.4, 0.5) is 0 Å². The number of carbonyl (C=O) groups excluding carboxylic acids is 1. The molecule has 0 spiro atoms. The first-order valence-corrected chi connectivity index (χ1v) is 8.11. The van der Waals surface area contributed by atoms with Gasteiger partial charge in [0.2, 0.25) is 11.8 Å². The van der Waals surface area contributed by atoms with Gasteiger partial charge in [0.25, 0.3) is 0 Å². The fourth-order valence-corrected chi connectivity index (χ4v) is 2.50. The molecule has 0 saturated carbocycles. The van der Waals surface area contributed by atoms with Crippen LogP contribution in [-0.2, 0) is 27.2 Å². The van der Waals surface area contributed by atoms with E-state index in [0.717, 1.165) is 25.0 Å². The van der Waals surface area contributed by atoms with Crippen LogP contribution in [0.15, 0.2) is 34.9 Å². The molecule has 1 aliphatic rings. The van der Waals surface area contributed by atoms with Gasteiger partial charge in [0.05, 0.1) is 19.3 Å². The third kappa shape index (κ3) is 5.14. The minimum Gasteiger partial charge on any atom is -0.376 e. The molecule has 1 aromatic heterocycles. The average molecular weight is 331 g/mol. The van der Waals surface area contributed by atoms with Crippen molar-refractivity contribution in [3.05, 3.63) is 47.6 Å². The van der Waals surface area contributed by atoms with E-state index in [1.54, 1.807) is 0 Å². The minimum absolute atomic E-state index is 0.00483. The number of hydrogen-bond acceptors (Lipinski definition) is 6. The number of nitrogens with zero attached hydrogens (tertiary/aromatic N) is 2. The van der Waals surface area contributed by atoms with E-state index < -0.39 is 0 Å². The van der Waals surface area contributed by atoms with Crippen LogP contribution in [0.25, 0.3) is 0 Å². The highest BCUT2D eigenvalue weighted by atomic mass is 16.5. The summed E-state index contributed by atoms with van der Waals surface area (Å²) in [6, 6.07) is 9.90. The predicted molar refractivity (Wildman–Crippen MR) is 85.2 cm³/mol. The number of nitrogens with one attached hydrogen (secondary N) is 1. The molecule has 1 fully saturated rings. The van der Waals surface area contributed by atoms with Crippen molar-refractivity contribution in [1.82, 2.24) is 15.5 Å². The lowest BCUT2D eigenvalue weighted by atomic mass is 10.1. The van der Waals surface area contributed by atoms with Gasteiger partial charge in [-0.2, -0.15) is 4.98 Å². The Morgan fingerprint density at radius 1 is 1.33 bits per heavy atom. The van der Waals surface area contributed by atoms with Gasteiger partial charge in [0.15, 0.2) is 5.82 Å². The molecule has 1 atom stereocenters. The van der Waals surface area contributed by atoms with E-state index in [-0.39, 0.29) is 25.2 Å². The van der Waals surface area contributed by atoms with Gasteiger partial charge in [-0.25, -0.2) is 0 Å². The van der Waals surface area contributed by atoms with Crippen LogP contribution in [0.5, 0.6) is 0 Å². The molecule has 1 saturated heterocycles. The van der Waals surface area contributed by atoms with Crippen molar-refractivity contribution in [3.8, 4) is 0 Å². The Balaban J connectivity index is 1.36. The Kier molecular flexibility index (Phi) is 5.92. The molecule has 0 bridgehead atoms. The molecule has 0 aliphatic carbocycles. The van der Waals surface area contributed by atoms with Gasteiger partial charge in [-0.15, -0.1) is 0 Å². The van der Waals surface area contributed by atoms with E-state index in [1.807, 2.05) is 30.3 Å². The molecule has 2 aromatic rings. The Labute approximate surface area is 140 Å². The van der Waals surface area contributed by atoms with Crippen LogP contribution >= 0.6 is 0 Å². The summed E-state index contributed by atoms with van der Waals surface area (Å²) in [5.74, 6) is 0.768. The zero-order valence-electron chi connectivity index (χ0n) is 13.4. The molecule has 0 unspecified atom stereocenters. The fraction of sp³-hybridized carbons (Fsp3) is 0.471. The lowest BCUT2D eigenvalue weighted by molar-refractivity contribution is -0.127. The minimum atomic E-state index is -0.212. The summed E-state index contributed by atoms with van der Waals surface area (Å²) in [4.78, 5) is 16.0. The maximum absolute atomic E-state index is 11.7. The maximum atomic E-state index is 11.7. The van der Waals surface area contributed by atoms with Crippen molar-refractivity contribution in [2.75, 3.05) is 19.8 Å². The molecule has 1 aliphatic heterocycles. The van der Waals surface area contributed by atoms with E-state index in [1.165, 1.54) is 0 Å². The molecule has 3 rings (SSSR count). The molecule has 0 radical (unpaired) electrons. The molecule has 24 heavy (non-hydrogen) atoms. The SMILES string of the molecule is O=C(COC[C@H]1CCCO1)NCc1nc(Cc2ccccc2)no1. The largest absolute Gasteiger partial charge is 0.376 e. The Morgan fingerprint density at radius 2 is 2.21 bits per heavy atom. The predicted octanol–water partition coefficient (Wildman–Crippen LogP) is 1.47. The second kappa shape index (κ2) is 8.56. The van der Waals surface area contributed by atoms with Crippen molar-refractivity contribution in [2.45, 2.75) is 31.9 Å². The molecule has 2 heterocycles. The highest BCUT2D eigenvalue weighted by Crippen LogP contribution is 2.11. The number of carbonyl (C=O) groups is 1. The summed E-state index contributed by atoms with van der Waals surface area (Å²) >= 11 is 0. The summed E-state index contributed by atoms with van der Waals surface area (Å²) in [7, 11) is 0. The van der Waals surface area contributed by atoms with E-state index in [0.29, 0.717) is 24.7 Å². The summed E-state index contributed by atoms with van der Waals surface area (Å²) in [6.45, 7) is 1.44. The van der Waals surface area contributed by atoms with Crippen LogP contribution < -0.4 is 5.32 Å². The van der Waals surface area contributed by atoms with Gasteiger partial charge in [-0.1, -0.05) is 35.5 Å². The average Bonchev–Trinajstić information content (AvgIpc) is 3.26. The molecular weight excluding hydrogens is 310 g/mol. The lowest BCUT2D eigenvalue weighted by Gasteiger charge is -2.09. The van der Waals surface area contributed by atoms with Crippen molar-refractivity contribution in [3.63, 3.8) is 0 Å². The van der Waals surface area contributed by atoms with Crippen LogP contribution in [0.2, 0.25) is 0 Å². The molecule has 7 heteroatoms. The highest BCUT2D eigenvalue weighted by molar-refractivity contribution is 5.77. The Hall–Kier alpha value is -2.25. The molecule has 128 valence electrons. The molecule has 7 nitrogen and oxygen atoms in total. The maximum Gasteiger partial charge on any atom is 0.246 e. The van der Waals surface area contributed by atoms with Crippen LogP contribution in [0, 0.1) is 0 Å². The fourth-order valence-electron chi connectivity index (χ4n) is 2.50. The third-order valence-electron chi connectivity index (χ3n) is 3.71. The summed E-state index contributed by atoms with van der Waals surface area (Å²) in [6.07, 6.45) is 2.77. The van der Waals surface area contributed by atoms with Gasteiger partial charge >= 0.3 is 0 Å². The number of amides is 1. The van der Waals surface area contributed by atoms with E-state index in [2.05, 4.69) is 15.5 Å². The number of rotatable bonds is 8. The second-order valence-electron chi connectivity index (χ2n) is 5.69. The van der Waals surface area contributed by atoms with E-state index in [9.17, 15) is 4.79 Å². The quantitative estimate of drug-likeness (QED) is 0.788. The van der Waals surface area contributed by atoms with Gasteiger partial charge in [0.1, 0.15) is 6.61 Å². The molecule has 1 aromatic carbocycles. The number of aromatic nitrogens is 2. The van der Waals surface area contributed by atoms with Gasteiger partial charge < -0.3 is 19.3 Å². The van der Waals surface area contributed by atoms with E-state index in [4.69, 9.17) is 14.0 Å². The van der Waals surface area contributed by atoms with Crippen LogP contribution in [-0.4, -0.2) is 42.0 Å².